The summed E-state index contributed by atoms with van der Waals surface area (Å²) in [5.41, 5.74) is 4.59. The smallest absolute Gasteiger partial charge is 0.315 e. The highest BCUT2D eigenvalue weighted by Crippen LogP contribution is 2.44. The van der Waals surface area contributed by atoms with Gasteiger partial charge in [-0.2, -0.15) is 0 Å². The molecular weight excluding hydrogens is 430 g/mol. The Morgan fingerprint density at radius 2 is 1.85 bits per heavy atom. The average Bonchev–Trinajstić information content (AvgIpc) is 2.84. The molecule has 5 rings (SSSR count). The van der Waals surface area contributed by atoms with Crippen molar-refractivity contribution < 1.29 is 14.4 Å². The summed E-state index contributed by atoms with van der Waals surface area (Å²) in [4.78, 5) is 18.9. The summed E-state index contributed by atoms with van der Waals surface area (Å²) >= 11 is 0. The molecule has 7 nitrogen and oxygen atoms in total. The molecule has 0 saturated heterocycles. The average molecular weight is 458 g/mol. The molecular formula is C27H27N3O4. The lowest BCUT2D eigenvalue weighted by molar-refractivity contribution is -0.385. The number of ether oxygens (including phenoxy) is 2. The first-order chi connectivity index (χ1) is 16.5. The highest BCUT2D eigenvalue weighted by Gasteiger charge is 2.27. The van der Waals surface area contributed by atoms with Crippen LogP contribution in [0.2, 0.25) is 0 Å². The molecule has 0 amide bonds. The Bertz CT molecular complexity index is 1420. The molecule has 1 aromatic heterocycles. The second-order valence-electron chi connectivity index (χ2n) is 8.53. The highest BCUT2D eigenvalue weighted by atomic mass is 16.6. The number of fused-ring (bicyclic) bond motifs is 5. The fourth-order valence-corrected chi connectivity index (χ4v) is 4.90. The van der Waals surface area contributed by atoms with Crippen LogP contribution in [-0.4, -0.2) is 41.6 Å². The van der Waals surface area contributed by atoms with E-state index in [0.717, 1.165) is 36.3 Å². The molecule has 1 aliphatic rings. The van der Waals surface area contributed by atoms with Gasteiger partial charge in [-0.05, 0) is 61.3 Å². The van der Waals surface area contributed by atoms with Gasteiger partial charge in [-0.1, -0.05) is 30.3 Å². The van der Waals surface area contributed by atoms with E-state index in [2.05, 4.69) is 36.2 Å². The maximum atomic E-state index is 12.0. The first-order valence-electron chi connectivity index (χ1n) is 11.6. The molecule has 0 spiro atoms. The molecule has 0 fully saturated rings. The Morgan fingerprint density at radius 3 is 2.62 bits per heavy atom. The standard InChI is InChI=1S/C27H27N3O4/c1-4-33-24-15-18(14-23(30(31)32)27(24)34-5-2)26-21-16-29(3)13-12-20(21)25-19-9-7-6-8-17(19)10-11-22(25)28-26/h6-11,14-15H,4-5,12-13,16H2,1-3H3. The minimum Gasteiger partial charge on any atom is -0.490 e. The van der Waals surface area contributed by atoms with Crippen molar-refractivity contribution in [1.82, 2.24) is 9.88 Å². The summed E-state index contributed by atoms with van der Waals surface area (Å²) < 4.78 is 11.4. The number of hydrogen-bond acceptors (Lipinski definition) is 6. The summed E-state index contributed by atoms with van der Waals surface area (Å²) in [6, 6.07) is 15.9. The fourth-order valence-electron chi connectivity index (χ4n) is 4.90. The normalized spacial score (nSPS) is 13.7. The highest BCUT2D eigenvalue weighted by molar-refractivity contribution is 6.09. The number of nitro benzene ring substituents is 1. The molecule has 34 heavy (non-hydrogen) atoms. The number of nitrogens with zero attached hydrogens (tertiary/aromatic N) is 3. The molecule has 0 saturated carbocycles. The van der Waals surface area contributed by atoms with Crippen molar-refractivity contribution in [2.45, 2.75) is 26.8 Å². The Morgan fingerprint density at radius 1 is 1.06 bits per heavy atom. The van der Waals surface area contributed by atoms with E-state index in [1.807, 2.05) is 25.1 Å². The van der Waals surface area contributed by atoms with E-state index in [4.69, 9.17) is 14.5 Å². The second kappa shape index (κ2) is 8.91. The molecule has 3 aromatic carbocycles. The Kier molecular flexibility index (Phi) is 5.79. The minimum absolute atomic E-state index is 0.110. The largest absolute Gasteiger partial charge is 0.490 e. The first-order valence-corrected chi connectivity index (χ1v) is 11.6. The number of rotatable bonds is 6. The van der Waals surface area contributed by atoms with Crippen molar-refractivity contribution in [3.05, 3.63) is 69.8 Å². The number of nitro groups is 1. The van der Waals surface area contributed by atoms with Crippen LogP contribution in [0.1, 0.15) is 25.0 Å². The molecule has 7 heteroatoms. The predicted octanol–water partition coefficient (Wildman–Crippen LogP) is 5.75. The monoisotopic (exact) mass is 457 g/mol. The van der Waals surface area contributed by atoms with E-state index >= 15 is 0 Å². The summed E-state index contributed by atoms with van der Waals surface area (Å²) in [6.45, 7) is 6.00. The summed E-state index contributed by atoms with van der Waals surface area (Å²) in [5.74, 6) is 0.530. The molecule has 0 radical (unpaired) electrons. The van der Waals surface area contributed by atoms with Gasteiger partial charge in [-0.25, -0.2) is 4.98 Å². The summed E-state index contributed by atoms with van der Waals surface area (Å²) in [6.07, 6.45) is 0.892. The van der Waals surface area contributed by atoms with Crippen molar-refractivity contribution >= 4 is 27.4 Å². The van der Waals surface area contributed by atoms with E-state index in [-0.39, 0.29) is 11.4 Å². The van der Waals surface area contributed by atoms with Crippen LogP contribution in [-0.2, 0) is 13.0 Å². The van der Waals surface area contributed by atoms with Crippen molar-refractivity contribution in [2.75, 3.05) is 26.8 Å². The van der Waals surface area contributed by atoms with Crippen LogP contribution < -0.4 is 9.47 Å². The molecule has 0 N–H and O–H groups in total. The van der Waals surface area contributed by atoms with Gasteiger partial charge in [0.1, 0.15) is 0 Å². The quantitative estimate of drug-likeness (QED) is 0.208. The Hall–Kier alpha value is -3.71. The van der Waals surface area contributed by atoms with E-state index in [0.29, 0.717) is 24.5 Å². The van der Waals surface area contributed by atoms with Crippen molar-refractivity contribution in [1.29, 1.82) is 0 Å². The van der Waals surface area contributed by atoms with Gasteiger partial charge in [0.25, 0.3) is 0 Å². The molecule has 0 unspecified atom stereocenters. The minimum atomic E-state index is -0.413. The van der Waals surface area contributed by atoms with Crippen molar-refractivity contribution in [3.63, 3.8) is 0 Å². The summed E-state index contributed by atoms with van der Waals surface area (Å²) in [7, 11) is 2.09. The fraction of sp³-hybridized carbons (Fsp3) is 0.296. The molecule has 2 heterocycles. The van der Waals surface area contributed by atoms with Crippen LogP contribution in [0.25, 0.3) is 32.9 Å². The van der Waals surface area contributed by atoms with Crippen molar-refractivity contribution in [2.24, 2.45) is 0 Å². The van der Waals surface area contributed by atoms with Gasteiger partial charge in [0.2, 0.25) is 5.75 Å². The van der Waals surface area contributed by atoms with Crippen LogP contribution >= 0.6 is 0 Å². The van der Waals surface area contributed by atoms with Gasteiger partial charge < -0.3 is 14.4 Å². The Labute approximate surface area is 198 Å². The maximum absolute atomic E-state index is 12.0. The first kappa shape index (κ1) is 22.1. The third-order valence-corrected chi connectivity index (χ3v) is 6.36. The van der Waals surface area contributed by atoms with Crippen LogP contribution in [0.4, 0.5) is 5.69 Å². The third-order valence-electron chi connectivity index (χ3n) is 6.36. The van der Waals surface area contributed by atoms with Crippen LogP contribution in [0, 0.1) is 10.1 Å². The zero-order chi connectivity index (χ0) is 23.8. The van der Waals surface area contributed by atoms with Gasteiger partial charge in [0, 0.05) is 30.1 Å². The predicted molar refractivity (Wildman–Crippen MR) is 134 cm³/mol. The number of likely N-dealkylation sites (N-methyl/N-ethyl adjacent to an activating group) is 1. The van der Waals surface area contributed by atoms with Gasteiger partial charge >= 0.3 is 5.69 Å². The molecule has 0 atom stereocenters. The van der Waals surface area contributed by atoms with Gasteiger partial charge in [-0.3, -0.25) is 10.1 Å². The van der Waals surface area contributed by atoms with Crippen LogP contribution in [0.3, 0.4) is 0 Å². The molecule has 0 aliphatic carbocycles. The van der Waals surface area contributed by atoms with Gasteiger partial charge in [0.05, 0.1) is 29.3 Å². The van der Waals surface area contributed by atoms with Crippen LogP contribution in [0.15, 0.2) is 48.5 Å². The summed E-state index contributed by atoms with van der Waals surface area (Å²) in [5, 5.41) is 15.5. The molecule has 174 valence electrons. The van der Waals surface area contributed by atoms with Gasteiger partial charge in [0.15, 0.2) is 5.75 Å². The van der Waals surface area contributed by atoms with E-state index in [9.17, 15) is 10.1 Å². The lowest BCUT2D eigenvalue weighted by Crippen LogP contribution is -2.27. The SMILES string of the molecule is CCOc1cc(-c2nc3ccc4ccccc4c3c3c2CN(C)CC3)cc([N+](=O)[O-])c1OCC. The lowest BCUT2D eigenvalue weighted by Gasteiger charge is -2.28. The van der Waals surface area contributed by atoms with Crippen LogP contribution in [0.5, 0.6) is 11.5 Å². The third kappa shape index (κ3) is 3.72. The zero-order valence-electron chi connectivity index (χ0n) is 19.6. The van der Waals surface area contributed by atoms with E-state index in [1.165, 1.54) is 21.7 Å². The number of hydrogen-bond donors (Lipinski definition) is 0. The Balaban J connectivity index is 1.83. The second-order valence-corrected chi connectivity index (χ2v) is 8.53. The maximum Gasteiger partial charge on any atom is 0.315 e. The number of pyridine rings is 1. The molecule has 0 bridgehead atoms. The number of benzene rings is 3. The molecule has 4 aromatic rings. The number of aromatic nitrogens is 1. The van der Waals surface area contributed by atoms with E-state index < -0.39 is 4.92 Å². The molecule has 1 aliphatic heterocycles. The van der Waals surface area contributed by atoms with Crippen molar-refractivity contribution in [3.8, 4) is 22.8 Å². The van der Waals surface area contributed by atoms with Gasteiger partial charge in [-0.15, -0.1) is 0 Å². The lowest BCUT2D eigenvalue weighted by atomic mass is 9.89. The van der Waals surface area contributed by atoms with E-state index in [1.54, 1.807) is 13.0 Å². The zero-order valence-corrected chi connectivity index (χ0v) is 19.6. The topological polar surface area (TPSA) is 77.7 Å².